The molecule has 0 amide bonds. The minimum Gasteiger partial charge on any atom is -0.399 e. The highest BCUT2D eigenvalue weighted by Crippen LogP contribution is 2.44. The first-order chi connectivity index (χ1) is 9.37. The zero-order chi connectivity index (χ0) is 14.1. The molecule has 0 aromatic heterocycles. The molecule has 20 heavy (non-hydrogen) atoms. The van der Waals surface area contributed by atoms with E-state index >= 15 is 0 Å². The zero-order valence-electron chi connectivity index (χ0n) is 13.1. The maximum atomic E-state index is 6.19. The molecule has 2 unspecified atom stereocenters. The maximum absolute atomic E-state index is 6.19. The molecule has 1 aliphatic carbocycles. The minimum atomic E-state index is -0.236. The molecule has 0 radical (unpaired) electrons. The summed E-state index contributed by atoms with van der Waals surface area (Å²) in [5.74, 6) is 0.894. The summed E-state index contributed by atoms with van der Waals surface area (Å²) in [6, 6.07) is 0.532. The van der Waals surface area contributed by atoms with E-state index in [9.17, 15) is 0 Å². The van der Waals surface area contributed by atoms with Gasteiger partial charge >= 0.3 is 7.12 Å². The molecule has 4 aliphatic rings. The van der Waals surface area contributed by atoms with Crippen LogP contribution in [0.1, 0.15) is 47.0 Å². The molecule has 4 rings (SSSR count). The summed E-state index contributed by atoms with van der Waals surface area (Å²) in [6.07, 6.45) is 6.49. The van der Waals surface area contributed by atoms with Crippen LogP contribution in [0.5, 0.6) is 0 Å². The van der Waals surface area contributed by atoms with Gasteiger partial charge in [-0.05, 0) is 51.9 Å². The van der Waals surface area contributed by atoms with Gasteiger partial charge in [0.15, 0.2) is 0 Å². The van der Waals surface area contributed by atoms with Gasteiger partial charge in [-0.15, -0.1) is 0 Å². The largest absolute Gasteiger partial charge is 0.493 e. The molecule has 1 saturated carbocycles. The highest BCUT2D eigenvalue weighted by Gasteiger charge is 2.58. The van der Waals surface area contributed by atoms with Gasteiger partial charge < -0.3 is 14.3 Å². The number of rotatable bonds is 3. The minimum absolute atomic E-state index is 0.165. The third-order valence-electron chi connectivity index (χ3n) is 5.79. The molecule has 4 nitrogen and oxygen atoms in total. The molecule has 0 N–H and O–H groups in total. The lowest BCUT2D eigenvalue weighted by atomic mass is 9.77. The standard InChI is InChI=1S/C15H25BN2O2/c1-14(2)15(3,4)20-16(19-14)12-9-17(18-10-13(12)18)8-11-6-5-7-11/h9,11,13H,5-8,10H2,1-4H3. The predicted octanol–water partition coefficient (Wildman–Crippen LogP) is 2.22. The summed E-state index contributed by atoms with van der Waals surface area (Å²) < 4.78 is 12.4. The van der Waals surface area contributed by atoms with Crippen molar-refractivity contribution in [2.24, 2.45) is 5.92 Å². The second-order valence-corrected chi connectivity index (χ2v) is 7.77. The van der Waals surface area contributed by atoms with Crippen LogP contribution in [0.2, 0.25) is 0 Å². The van der Waals surface area contributed by atoms with Crippen LogP contribution in [0.3, 0.4) is 0 Å². The van der Waals surface area contributed by atoms with Crippen LogP contribution >= 0.6 is 0 Å². The van der Waals surface area contributed by atoms with E-state index in [0.29, 0.717) is 6.04 Å². The lowest BCUT2D eigenvalue weighted by molar-refractivity contribution is 0.00578. The van der Waals surface area contributed by atoms with Gasteiger partial charge in [0.2, 0.25) is 0 Å². The van der Waals surface area contributed by atoms with E-state index in [1.807, 2.05) is 0 Å². The Bertz CT molecular complexity index is 443. The summed E-state index contributed by atoms with van der Waals surface area (Å²) in [7, 11) is -0.165. The molecule has 0 spiro atoms. The highest BCUT2D eigenvalue weighted by molar-refractivity contribution is 6.55. The van der Waals surface area contributed by atoms with Crippen LogP contribution in [-0.2, 0) is 9.31 Å². The fourth-order valence-corrected chi connectivity index (χ4v) is 3.32. The topological polar surface area (TPSA) is 24.7 Å². The van der Waals surface area contributed by atoms with E-state index in [0.717, 1.165) is 12.5 Å². The van der Waals surface area contributed by atoms with Crippen molar-refractivity contribution in [1.82, 2.24) is 10.0 Å². The van der Waals surface area contributed by atoms with Crippen molar-refractivity contribution >= 4 is 7.12 Å². The van der Waals surface area contributed by atoms with E-state index < -0.39 is 0 Å². The molecule has 2 saturated heterocycles. The molecule has 2 atom stereocenters. The lowest BCUT2D eigenvalue weighted by Gasteiger charge is -2.32. The normalized spacial score (nSPS) is 37.7. The Balaban J connectivity index is 1.48. The van der Waals surface area contributed by atoms with Crippen LogP contribution in [0.15, 0.2) is 11.7 Å². The summed E-state index contributed by atoms with van der Waals surface area (Å²) in [5, 5.41) is 4.85. The first-order valence-electron chi connectivity index (χ1n) is 7.98. The van der Waals surface area contributed by atoms with Gasteiger partial charge in [-0.1, -0.05) is 6.42 Å². The molecule has 0 bridgehead atoms. The Morgan fingerprint density at radius 3 is 2.40 bits per heavy atom. The van der Waals surface area contributed by atoms with Crippen molar-refractivity contribution in [2.75, 3.05) is 13.1 Å². The van der Waals surface area contributed by atoms with E-state index in [-0.39, 0.29) is 18.3 Å². The molecular weight excluding hydrogens is 251 g/mol. The SMILES string of the molecule is CC1(C)OB(C2=CN(CC3CCC3)N3CC23)OC1(C)C. The van der Waals surface area contributed by atoms with Crippen molar-refractivity contribution in [3.05, 3.63) is 11.7 Å². The van der Waals surface area contributed by atoms with Gasteiger partial charge in [0.1, 0.15) is 0 Å². The average Bonchev–Trinajstić information content (AvgIpc) is 2.93. The molecule has 0 aromatic rings. The molecule has 3 fully saturated rings. The number of nitrogens with zero attached hydrogens (tertiary/aromatic N) is 2. The van der Waals surface area contributed by atoms with Crippen LogP contribution in [0.4, 0.5) is 0 Å². The number of fused-ring (bicyclic) bond motifs is 1. The second kappa shape index (κ2) is 4.02. The molecule has 110 valence electrons. The van der Waals surface area contributed by atoms with Gasteiger partial charge in [0, 0.05) is 19.3 Å². The van der Waals surface area contributed by atoms with Crippen LogP contribution in [0.25, 0.3) is 0 Å². The molecule has 3 aliphatic heterocycles. The Morgan fingerprint density at radius 2 is 1.85 bits per heavy atom. The average molecular weight is 276 g/mol. The Kier molecular flexibility index (Phi) is 2.65. The van der Waals surface area contributed by atoms with Crippen molar-refractivity contribution in [3.63, 3.8) is 0 Å². The van der Waals surface area contributed by atoms with Gasteiger partial charge in [-0.3, -0.25) is 0 Å². The Morgan fingerprint density at radius 1 is 1.20 bits per heavy atom. The molecular formula is C15H25BN2O2. The maximum Gasteiger partial charge on any atom is 0.493 e. The van der Waals surface area contributed by atoms with Crippen molar-refractivity contribution in [3.8, 4) is 0 Å². The lowest BCUT2D eigenvalue weighted by Crippen LogP contribution is -2.41. The van der Waals surface area contributed by atoms with Crippen LogP contribution in [0, 0.1) is 5.92 Å². The van der Waals surface area contributed by atoms with Crippen molar-refractivity contribution < 1.29 is 9.31 Å². The van der Waals surface area contributed by atoms with Crippen LogP contribution in [-0.4, -0.2) is 47.5 Å². The van der Waals surface area contributed by atoms with Gasteiger partial charge in [0.25, 0.3) is 0 Å². The van der Waals surface area contributed by atoms with Gasteiger partial charge in [0.05, 0.1) is 17.2 Å². The highest BCUT2D eigenvalue weighted by atomic mass is 16.7. The number of hydrogen-bond donors (Lipinski definition) is 0. The zero-order valence-corrected chi connectivity index (χ0v) is 13.1. The van der Waals surface area contributed by atoms with E-state index in [2.05, 4.69) is 43.9 Å². The smallest absolute Gasteiger partial charge is 0.399 e. The van der Waals surface area contributed by atoms with E-state index in [1.165, 1.54) is 31.3 Å². The second-order valence-electron chi connectivity index (χ2n) is 7.77. The third-order valence-corrected chi connectivity index (χ3v) is 5.79. The predicted molar refractivity (Wildman–Crippen MR) is 78.7 cm³/mol. The Hall–Kier alpha value is -0.515. The first kappa shape index (κ1) is 13.2. The summed E-state index contributed by atoms with van der Waals surface area (Å²) in [6.45, 7) is 10.8. The summed E-state index contributed by atoms with van der Waals surface area (Å²) in [4.78, 5) is 0. The van der Waals surface area contributed by atoms with Crippen molar-refractivity contribution in [1.29, 1.82) is 0 Å². The quantitative estimate of drug-likeness (QED) is 0.583. The molecule has 5 heteroatoms. The number of hydrogen-bond acceptors (Lipinski definition) is 4. The fraction of sp³-hybridized carbons (Fsp3) is 0.867. The number of hydrazine groups is 1. The van der Waals surface area contributed by atoms with Gasteiger partial charge in [-0.2, -0.15) is 0 Å². The fourth-order valence-electron chi connectivity index (χ4n) is 3.32. The summed E-state index contributed by atoms with van der Waals surface area (Å²) in [5.41, 5.74) is 0.849. The van der Waals surface area contributed by atoms with E-state index in [4.69, 9.17) is 9.31 Å². The molecule has 0 aromatic carbocycles. The Labute approximate surface area is 122 Å². The van der Waals surface area contributed by atoms with Gasteiger partial charge in [-0.25, -0.2) is 5.01 Å². The first-order valence-corrected chi connectivity index (χ1v) is 7.98. The monoisotopic (exact) mass is 276 g/mol. The van der Waals surface area contributed by atoms with Crippen LogP contribution < -0.4 is 0 Å². The van der Waals surface area contributed by atoms with E-state index in [1.54, 1.807) is 0 Å². The third kappa shape index (κ3) is 1.86. The van der Waals surface area contributed by atoms with Crippen molar-refractivity contribution in [2.45, 2.75) is 64.2 Å². The summed E-state index contributed by atoms with van der Waals surface area (Å²) >= 11 is 0. The molecule has 3 heterocycles.